The maximum Gasteiger partial charge on any atom is 0.387 e. The van der Waals surface area contributed by atoms with E-state index in [0.29, 0.717) is 30.5 Å². The minimum atomic E-state index is -2.97. The number of oxime groups is 1. The van der Waals surface area contributed by atoms with Crippen molar-refractivity contribution in [2.45, 2.75) is 26.9 Å². The number of amides is 1. The summed E-state index contributed by atoms with van der Waals surface area (Å²) in [5.74, 6) is 0.709. The summed E-state index contributed by atoms with van der Waals surface area (Å²) >= 11 is 0. The number of carbonyl (C=O) groups is 1. The minimum absolute atomic E-state index is 0.00919. The fourth-order valence-corrected chi connectivity index (χ4v) is 3.19. The van der Waals surface area contributed by atoms with Gasteiger partial charge in [-0.05, 0) is 36.5 Å². The van der Waals surface area contributed by atoms with Crippen molar-refractivity contribution >= 4 is 11.7 Å². The molecule has 0 aromatic heterocycles. The van der Waals surface area contributed by atoms with E-state index in [9.17, 15) is 13.6 Å². The van der Waals surface area contributed by atoms with Gasteiger partial charge in [-0.1, -0.05) is 19.0 Å². The summed E-state index contributed by atoms with van der Waals surface area (Å²) in [5, 5.41) is 3.74. The van der Waals surface area contributed by atoms with E-state index in [0.717, 1.165) is 6.42 Å². The lowest BCUT2D eigenvalue weighted by Gasteiger charge is -2.34. The smallest absolute Gasteiger partial charge is 0.387 e. The quantitative estimate of drug-likeness (QED) is 0.443. The number of piperidine rings is 1. The third-order valence-corrected chi connectivity index (χ3v) is 4.25. The standard InChI is InChI=1S/C18H25F2N3O4/c1-11-6-12(2)9-23(8-11)16(24)10-26-22-17(21)13-4-5-14(27-18(19)20)15(7-13)25-3/h4-5,7,11-12,18H,6,8-10H2,1-3H3,(H2,21,22). The van der Waals surface area contributed by atoms with Crippen molar-refractivity contribution in [2.75, 3.05) is 26.8 Å². The monoisotopic (exact) mass is 385 g/mol. The number of hydrogen-bond acceptors (Lipinski definition) is 5. The molecule has 0 radical (unpaired) electrons. The predicted molar refractivity (Wildman–Crippen MR) is 95.8 cm³/mol. The molecule has 2 N–H and O–H groups in total. The Morgan fingerprint density at radius 2 is 1.96 bits per heavy atom. The van der Waals surface area contributed by atoms with Crippen LogP contribution in [0.2, 0.25) is 0 Å². The van der Waals surface area contributed by atoms with Crippen molar-refractivity contribution in [1.82, 2.24) is 4.90 Å². The molecule has 1 heterocycles. The first-order valence-corrected chi connectivity index (χ1v) is 8.66. The summed E-state index contributed by atoms with van der Waals surface area (Å²) in [5.41, 5.74) is 6.22. The van der Waals surface area contributed by atoms with Gasteiger partial charge in [-0.3, -0.25) is 4.79 Å². The molecule has 1 aliphatic heterocycles. The molecular formula is C18H25F2N3O4. The number of likely N-dealkylation sites (tertiary alicyclic amines) is 1. The first kappa shape index (κ1) is 20.7. The Hall–Kier alpha value is -2.58. The molecule has 2 rings (SSSR count). The number of ether oxygens (including phenoxy) is 2. The van der Waals surface area contributed by atoms with E-state index in [4.69, 9.17) is 15.3 Å². The van der Waals surface area contributed by atoms with Gasteiger partial charge in [0.1, 0.15) is 0 Å². The maximum atomic E-state index is 12.4. The van der Waals surface area contributed by atoms with E-state index in [1.54, 1.807) is 4.90 Å². The number of halogens is 2. The summed E-state index contributed by atoms with van der Waals surface area (Å²) in [4.78, 5) is 19.1. The lowest BCUT2D eigenvalue weighted by Crippen LogP contribution is -2.44. The highest BCUT2D eigenvalue weighted by Crippen LogP contribution is 2.29. The Kier molecular flexibility index (Phi) is 7.20. The molecule has 150 valence electrons. The molecule has 1 aromatic rings. The van der Waals surface area contributed by atoms with Crippen molar-refractivity contribution in [3.63, 3.8) is 0 Å². The van der Waals surface area contributed by atoms with Crippen LogP contribution < -0.4 is 15.2 Å². The summed E-state index contributed by atoms with van der Waals surface area (Å²) in [6, 6.07) is 4.14. The average molecular weight is 385 g/mol. The topological polar surface area (TPSA) is 86.4 Å². The third-order valence-electron chi connectivity index (χ3n) is 4.25. The van der Waals surface area contributed by atoms with Crippen LogP contribution in [0.4, 0.5) is 8.78 Å². The first-order valence-electron chi connectivity index (χ1n) is 8.66. The second kappa shape index (κ2) is 9.38. The first-order chi connectivity index (χ1) is 12.8. The molecule has 9 heteroatoms. The third kappa shape index (κ3) is 5.97. The average Bonchev–Trinajstić information content (AvgIpc) is 2.60. The molecule has 0 aliphatic carbocycles. The maximum absolute atomic E-state index is 12.4. The Bertz CT molecular complexity index is 675. The summed E-state index contributed by atoms with van der Waals surface area (Å²) in [7, 11) is 1.32. The Morgan fingerprint density at radius 1 is 1.30 bits per heavy atom. The number of alkyl halides is 2. The van der Waals surface area contributed by atoms with Crippen molar-refractivity contribution in [3.8, 4) is 11.5 Å². The van der Waals surface area contributed by atoms with Crippen molar-refractivity contribution in [1.29, 1.82) is 0 Å². The van der Waals surface area contributed by atoms with Crippen LogP contribution in [0, 0.1) is 11.8 Å². The normalized spacial score (nSPS) is 20.5. The second-order valence-electron chi connectivity index (χ2n) is 6.74. The fourth-order valence-electron chi connectivity index (χ4n) is 3.19. The van der Waals surface area contributed by atoms with Crippen molar-refractivity contribution in [2.24, 2.45) is 22.7 Å². The highest BCUT2D eigenvalue weighted by atomic mass is 19.3. The second-order valence-corrected chi connectivity index (χ2v) is 6.74. The summed E-state index contributed by atoms with van der Waals surface area (Å²) in [6.45, 7) is 2.45. The number of nitrogens with zero attached hydrogens (tertiary/aromatic N) is 2. The molecule has 7 nitrogen and oxygen atoms in total. The van der Waals surface area contributed by atoms with Crippen LogP contribution in [0.5, 0.6) is 11.5 Å². The van der Waals surface area contributed by atoms with E-state index < -0.39 is 6.61 Å². The summed E-state index contributed by atoms with van der Waals surface area (Å²) < 4.78 is 34.1. The number of benzene rings is 1. The zero-order chi connectivity index (χ0) is 20.0. The molecule has 2 unspecified atom stereocenters. The van der Waals surface area contributed by atoms with Crippen LogP contribution in [0.3, 0.4) is 0 Å². The van der Waals surface area contributed by atoms with Crippen LogP contribution in [-0.2, 0) is 9.63 Å². The van der Waals surface area contributed by atoms with E-state index in [1.165, 1.54) is 25.3 Å². The van der Waals surface area contributed by atoms with Crippen molar-refractivity contribution < 1.29 is 27.9 Å². The van der Waals surface area contributed by atoms with Gasteiger partial charge in [0.15, 0.2) is 23.9 Å². The molecule has 1 aliphatic rings. The molecule has 0 saturated carbocycles. The Morgan fingerprint density at radius 3 is 2.56 bits per heavy atom. The van der Waals surface area contributed by atoms with Crippen molar-refractivity contribution in [3.05, 3.63) is 23.8 Å². The highest BCUT2D eigenvalue weighted by Gasteiger charge is 2.25. The molecule has 1 amide bonds. The molecular weight excluding hydrogens is 360 g/mol. The number of nitrogens with two attached hydrogens (primary N) is 1. The van der Waals surface area contributed by atoms with Gasteiger partial charge in [0.05, 0.1) is 7.11 Å². The molecule has 27 heavy (non-hydrogen) atoms. The lowest BCUT2D eigenvalue weighted by molar-refractivity contribution is -0.138. The van der Waals surface area contributed by atoms with Gasteiger partial charge < -0.3 is 24.9 Å². The number of methoxy groups -OCH3 is 1. The van der Waals surface area contributed by atoms with Crippen LogP contribution in [-0.4, -0.2) is 50.1 Å². The van der Waals surface area contributed by atoms with Crippen LogP contribution in [0.1, 0.15) is 25.8 Å². The Balaban J connectivity index is 1.96. The molecule has 1 fully saturated rings. The van der Waals surface area contributed by atoms with Crippen LogP contribution in [0.15, 0.2) is 23.4 Å². The number of hydrogen-bond donors (Lipinski definition) is 1. The van der Waals surface area contributed by atoms with E-state index in [2.05, 4.69) is 23.7 Å². The zero-order valence-electron chi connectivity index (χ0n) is 15.7. The van der Waals surface area contributed by atoms with E-state index in [1.807, 2.05) is 0 Å². The molecule has 0 spiro atoms. The van der Waals surface area contributed by atoms with Crippen LogP contribution >= 0.6 is 0 Å². The van der Waals surface area contributed by atoms with Gasteiger partial charge in [0.25, 0.3) is 5.91 Å². The molecule has 2 atom stereocenters. The van der Waals surface area contributed by atoms with Gasteiger partial charge in [0, 0.05) is 18.7 Å². The number of carbonyl (C=O) groups excluding carboxylic acids is 1. The minimum Gasteiger partial charge on any atom is -0.493 e. The predicted octanol–water partition coefficient (Wildman–Crippen LogP) is 2.44. The molecule has 1 aromatic carbocycles. The largest absolute Gasteiger partial charge is 0.493 e. The highest BCUT2D eigenvalue weighted by molar-refractivity contribution is 5.97. The summed E-state index contributed by atoms with van der Waals surface area (Å²) in [6.07, 6.45) is 1.10. The van der Waals surface area contributed by atoms with E-state index in [-0.39, 0.29) is 29.8 Å². The van der Waals surface area contributed by atoms with Crippen LogP contribution in [0.25, 0.3) is 0 Å². The number of amidine groups is 1. The molecule has 0 bridgehead atoms. The lowest BCUT2D eigenvalue weighted by atomic mass is 9.92. The molecule has 1 saturated heterocycles. The van der Waals surface area contributed by atoms with Gasteiger partial charge in [-0.15, -0.1) is 0 Å². The number of rotatable bonds is 7. The van der Waals surface area contributed by atoms with Gasteiger partial charge in [-0.2, -0.15) is 8.78 Å². The van der Waals surface area contributed by atoms with E-state index >= 15 is 0 Å². The SMILES string of the molecule is COc1cc(/C(N)=N/OCC(=O)N2CC(C)CC(C)C2)ccc1OC(F)F. The van der Waals surface area contributed by atoms with Gasteiger partial charge in [-0.25, -0.2) is 0 Å². The zero-order valence-corrected chi connectivity index (χ0v) is 15.7. The fraction of sp³-hybridized carbons (Fsp3) is 0.556. The Labute approximate surface area is 157 Å². The van der Waals surface area contributed by atoms with Gasteiger partial charge in [0.2, 0.25) is 0 Å². The van der Waals surface area contributed by atoms with Gasteiger partial charge >= 0.3 is 6.61 Å².